The third-order valence-corrected chi connectivity index (χ3v) is 4.14. The number of rotatable bonds is 7. The van der Waals surface area contributed by atoms with E-state index in [-0.39, 0.29) is 24.4 Å². The first-order valence-corrected chi connectivity index (χ1v) is 8.50. The minimum absolute atomic E-state index is 0.157. The molecule has 0 saturated heterocycles. The summed E-state index contributed by atoms with van der Waals surface area (Å²) in [5.41, 5.74) is 2.23. The second-order valence-corrected chi connectivity index (χ2v) is 5.95. The first-order valence-electron chi connectivity index (χ1n) is 8.50. The summed E-state index contributed by atoms with van der Waals surface area (Å²) in [4.78, 5) is 14.0. The zero-order chi connectivity index (χ0) is 18.4. The number of aryl methyl sites for hydroxylation is 1. The van der Waals surface area contributed by atoms with Gasteiger partial charge in [0, 0.05) is 38.4 Å². The van der Waals surface area contributed by atoms with Crippen LogP contribution in [0.25, 0.3) is 0 Å². The molecule has 0 radical (unpaired) electrons. The molecule has 7 heteroatoms. The number of carbonyl (C=O) groups is 1. The van der Waals surface area contributed by atoms with Gasteiger partial charge in [-0.2, -0.15) is 5.10 Å². The standard InChI is InChI=1S/C18H26FN5O/c1-5-24(6-2)17-8-7-14(9-16(17)19)10-20-18(25)22-13(3)15-11-21-23(4)12-15/h7-9,11-13H,5-6,10H2,1-4H3,(H2,20,22,25)/t13-/m0/s1. The molecule has 136 valence electrons. The van der Waals surface area contributed by atoms with Gasteiger partial charge in [-0.3, -0.25) is 4.68 Å². The molecule has 1 aromatic heterocycles. The van der Waals surface area contributed by atoms with E-state index < -0.39 is 0 Å². The summed E-state index contributed by atoms with van der Waals surface area (Å²) in [7, 11) is 1.83. The lowest BCUT2D eigenvalue weighted by atomic mass is 10.1. The number of aromatic nitrogens is 2. The van der Waals surface area contributed by atoms with Crippen molar-refractivity contribution in [2.45, 2.75) is 33.4 Å². The second kappa shape index (κ2) is 8.50. The molecule has 6 nitrogen and oxygen atoms in total. The van der Waals surface area contributed by atoms with Crippen LogP contribution in [0.4, 0.5) is 14.9 Å². The minimum Gasteiger partial charge on any atom is -0.370 e. The highest BCUT2D eigenvalue weighted by molar-refractivity contribution is 5.74. The Kier molecular flexibility index (Phi) is 6.38. The Morgan fingerprint density at radius 1 is 1.36 bits per heavy atom. The summed E-state index contributed by atoms with van der Waals surface area (Å²) < 4.78 is 15.9. The van der Waals surface area contributed by atoms with Gasteiger partial charge in [-0.05, 0) is 38.5 Å². The van der Waals surface area contributed by atoms with Gasteiger partial charge in [-0.1, -0.05) is 6.07 Å². The summed E-state index contributed by atoms with van der Waals surface area (Å²) in [6, 6.07) is 4.61. The molecule has 0 aliphatic heterocycles. The van der Waals surface area contributed by atoms with Crippen molar-refractivity contribution >= 4 is 11.7 Å². The number of carbonyl (C=O) groups excluding carboxylic acids is 1. The normalized spacial score (nSPS) is 11.9. The van der Waals surface area contributed by atoms with Crippen LogP contribution in [0.15, 0.2) is 30.6 Å². The van der Waals surface area contributed by atoms with E-state index in [0.717, 1.165) is 24.2 Å². The van der Waals surface area contributed by atoms with Crippen molar-refractivity contribution in [3.63, 3.8) is 0 Å². The van der Waals surface area contributed by atoms with Crippen LogP contribution in [0.5, 0.6) is 0 Å². The van der Waals surface area contributed by atoms with Crippen molar-refractivity contribution in [2.75, 3.05) is 18.0 Å². The molecule has 0 bridgehead atoms. The largest absolute Gasteiger partial charge is 0.370 e. The van der Waals surface area contributed by atoms with E-state index in [4.69, 9.17) is 0 Å². The Labute approximate surface area is 148 Å². The fourth-order valence-corrected chi connectivity index (χ4v) is 2.66. The zero-order valence-corrected chi connectivity index (χ0v) is 15.2. The number of amides is 2. The van der Waals surface area contributed by atoms with E-state index in [1.165, 1.54) is 6.07 Å². The van der Waals surface area contributed by atoms with E-state index >= 15 is 0 Å². The van der Waals surface area contributed by atoms with Gasteiger partial charge in [0.25, 0.3) is 0 Å². The molecule has 2 amide bonds. The molecule has 0 aliphatic rings. The fraction of sp³-hybridized carbons (Fsp3) is 0.444. The molecule has 0 unspecified atom stereocenters. The molecule has 2 N–H and O–H groups in total. The SMILES string of the molecule is CCN(CC)c1ccc(CNC(=O)N[C@@H](C)c2cnn(C)c2)cc1F. The topological polar surface area (TPSA) is 62.2 Å². The maximum Gasteiger partial charge on any atom is 0.315 e. The summed E-state index contributed by atoms with van der Waals surface area (Å²) in [5.74, 6) is -0.271. The highest BCUT2D eigenvalue weighted by atomic mass is 19.1. The van der Waals surface area contributed by atoms with Gasteiger partial charge in [0.05, 0.1) is 17.9 Å². The third-order valence-electron chi connectivity index (χ3n) is 4.14. The smallest absolute Gasteiger partial charge is 0.315 e. The molecular weight excluding hydrogens is 321 g/mol. The van der Waals surface area contributed by atoms with Gasteiger partial charge in [-0.15, -0.1) is 0 Å². The number of benzene rings is 1. The maximum absolute atomic E-state index is 14.3. The summed E-state index contributed by atoms with van der Waals surface area (Å²) in [5, 5.41) is 9.67. The van der Waals surface area contributed by atoms with E-state index in [0.29, 0.717) is 5.69 Å². The van der Waals surface area contributed by atoms with E-state index in [1.54, 1.807) is 16.9 Å². The van der Waals surface area contributed by atoms with Crippen LogP contribution in [0, 0.1) is 5.82 Å². The third kappa shape index (κ3) is 4.95. The van der Waals surface area contributed by atoms with Gasteiger partial charge in [0.1, 0.15) is 5.82 Å². The van der Waals surface area contributed by atoms with Crippen LogP contribution in [-0.4, -0.2) is 28.9 Å². The maximum atomic E-state index is 14.3. The Bertz CT molecular complexity index is 711. The fourth-order valence-electron chi connectivity index (χ4n) is 2.66. The lowest BCUT2D eigenvalue weighted by molar-refractivity contribution is 0.237. The van der Waals surface area contributed by atoms with Crippen molar-refractivity contribution in [1.82, 2.24) is 20.4 Å². The van der Waals surface area contributed by atoms with Gasteiger partial charge < -0.3 is 15.5 Å². The molecule has 1 heterocycles. The van der Waals surface area contributed by atoms with Gasteiger partial charge in [-0.25, -0.2) is 9.18 Å². The number of urea groups is 1. The number of nitrogens with zero attached hydrogens (tertiary/aromatic N) is 3. The van der Waals surface area contributed by atoms with Crippen LogP contribution in [0.3, 0.4) is 0 Å². The van der Waals surface area contributed by atoms with Crippen LogP contribution >= 0.6 is 0 Å². The summed E-state index contributed by atoms with van der Waals surface area (Å²) in [6.07, 6.45) is 3.57. The van der Waals surface area contributed by atoms with Crippen molar-refractivity contribution in [3.8, 4) is 0 Å². The Balaban J connectivity index is 1.90. The predicted octanol–water partition coefficient (Wildman–Crippen LogP) is 2.97. The zero-order valence-electron chi connectivity index (χ0n) is 15.2. The predicted molar refractivity (Wildman–Crippen MR) is 97.0 cm³/mol. The van der Waals surface area contributed by atoms with Crippen LogP contribution in [0.1, 0.15) is 37.9 Å². The molecule has 2 rings (SSSR count). The number of anilines is 1. The van der Waals surface area contributed by atoms with Crippen LogP contribution in [-0.2, 0) is 13.6 Å². The van der Waals surface area contributed by atoms with Crippen molar-refractivity contribution in [3.05, 3.63) is 47.5 Å². The first kappa shape index (κ1) is 18.8. The highest BCUT2D eigenvalue weighted by Gasteiger charge is 2.12. The van der Waals surface area contributed by atoms with Gasteiger partial charge in [0.2, 0.25) is 0 Å². The molecule has 0 saturated carbocycles. The Morgan fingerprint density at radius 2 is 2.08 bits per heavy atom. The van der Waals surface area contributed by atoms with E-state index in [1.807, 2.05) is 45.0 Å². The Hall–Kier alpha value is -2.57. The van der Waals surface area contributed by atoms with Crippen LogP contribution < -0.4 is 15.5 Å². The van der Waals surface area contributed by atoms with E-state index in [9.17, 15) is 9.18 Å². The molecule has 1 aromatic carbocycles. The number of nitrogens with one attached hydrogen (secondary N) is 2. The van der Waals surface area contributed by atoms with Crippen molar-refractivity contribution < 1.29 is 9.18 Å². The second-order valence-electron chi connectivity index (χ2n) is 5.95. The van der Waals surface area contributed by atoms with Crippen molar-refractivity contribution in [1.29, 1.82) is 0 Å². The minimum atomic E-state index is -0.301. The van der Waals surface area contributed by atoms with Gasteiger partial charge in [0.15, 0.2) is 0 Å². The Morgan fingerprint density at radius 3 is 2.64 bits per heavy atom. The molecule has 0 aliphatic carbocycles. The highest BCUT2D eigenvalue weighted by Crippen LogP contribution is 2.20. The number of hydrogen-bond donors (Lipinski definition) is 2. The molecule has 0 fully saturated rings. The quantitative estimate of drug-likeness (QED) is 0.809. The molecule has 1 atom stereocenters. The molecular formula is C18H26FN5O. The number of hydrogen-bond acceptors (Lipinski definition) is 3. The average Bonchev–Trinajstić information content (AvgIpc) is 3.02. The van der Waals surface area contributed by atoms with Crippen LogP contribution in [0.2, 0.25) is 0 Å². The lowest BCUT2D eigenvalue weighted by Crippen LogP contribution is -2.36. The molecule has 25 heavy (non-hydrogen) atoms. The average molecular weight is 347 g/mol. The van der Waals surface area contributed by atoms with Crippen molar-refractivity contribution in [2.24, 2.45) is 7.05 Å². The first-order chi connectivity index (χ1) is 11.9. The molecule has 0 spiro atoms. The van der Waals surface area contributed by atoms with Gasteiger partial charge >= 0.3 is 6.03 Å². The summed E-state index contributed by atoms with van der Waals surface area (Å²) in [6.45, 7) is 7.63. The lowest BCUT2D eigenvalue weighted by Gasteiger charge is -2.22. The van der Waals surface area contributed by atoms with E-state index in [2.05, 4.69) is 15.7 Å². The number of halogens is 1. The summed E-state index contributed by atoms with van der Waals surface area (Å²) >= 11 is 0. The molecule has 2 aromatic rings. The monoisotopic (exact) mass is 347 g/mol.